The minimum Gasteiger partial charge on any atom is -0.494 e. The molecule has 1 aliphatic heterocycles. The molecule has 16 heteroatoms. The van der Waals surface area contributed by atoms with E-state index in [1.165, 1.54) is 42.5 Å². The number of nitrogens with one attached hydrogen (secondary N) is 2. The number of carbonyl (C=O) groups is 4. The van der Waals surface area contributed by atoms with Crippen LogP contribution in [0.4, 0.5) is 0 Å². The van der Waals surface area contributed by atoms with Gasteiger partial charge in [0.1, 0.15) is 24.7 Å². The summed E-state index contributed by atoms with van der Waals surface area (Å²) in [5.74, 6) is -1.58. The first-order valence-electron chi connectivity index (χ1n) is 16.3. The van der Waals surface area contributed by atoms with E-state index in [4.69, 9.17) is 23.5 Å². The molecule has 50 heavy (non-hydrogen) atoms. The van der Waals surface area contributed by atoms with Gasteiger partial charge in [-0.2, -0.15) is 5.06 Å². The molecule has 0 bridgehead atoms. The molecule has 0 fully saturated rings. The maximum Gasteiger partial charge on any atom is 0.363 e. The third-order valence-electron chi connectivity index (χ3n) is 7.90. The van der Waals surface area contributed by atoms with E-state index in [0.717, 1.165) is 17.9 Å². The van der Waals surface area contributed by atoms with E-state index in [-0.39, 0.29) is 53.4 Å². The Hall–Kier alpha value is -4.85. The van der Waals surface area contributed by atoms with Crippen molar-refractivity contribution >= 4 is 37.1 Å². The molecule has 0 radical (unpaired) electrons. The largest absolute Gasteiger partial charge is 0.494 e. The Morgan fingerprint density at radius 2 is 1.74 bits per heavy atom. The lowest BCUT2D eigenvalue weighted by atomic mass is 9.90. The van der Waals surface area contributed by atoms with E-state index in [9.17, 15) is 33.5 Å². The van der Waals surface area contributed by atoms with Gasteiger partial charge in [0, 0.05) is 5.56 Å². The van der Waals surface area contributed by atoms with Crippen molar-refractivity contribution in [2.45, 2.75) is 58.9 Å². The molecular formula is C34H42N3O12P. The van der Waals surface area contributed by atoms with Crippen LogP contribution in [0.1, 0.15) is 73.8 Å². The number of hydrogen-bond donors (Lipinski definition) is 4. The fraction of sp³-hybridized carbons (Fsp3) is 0.412. The predicted octanol–water partition coefficient (Wildman–Crippen LogP) is 3.93. The van der Waals surface area contributed by atoms with E-state index in [2.05, 4.69) is 10.6 Å². The molecule has 3 amide bonds. The molecule has 0 aliphatic carbocycles. The first-order chi connectivity index (χ1) is 24.0. The van der Waals surface area contributed by atoms with Gasteiger partial charge in [0.2, 0.25) is 12.3 Å². The zero-order valence-electron chi connectivity index (χ0n) is 28.1. The van der Waals surface area contributed by atoms with Crippen LogP contribution in [0.3, 0.4) is 0 Å². The second-order valence-corrected chi connectivity index (χ2v) is 13.0. The van der Waals surface area contributed by atoms with Crippen molar-refractivity contribution in [3.05, 3.63) is 59.9 Å². The summed E-state index contributed by atoms with van der Waals surface area (Å²) < 4.78 is 34.0. The molecule has 4 rings (SSSR count). The summed E-state index contributed by atoms with van der Waals surface area (Å²) in [6, 6.07) is 10.6. The van der Waals surface area contributed by atoms with Crippen LogP contribution in [0.15, 0.2) is 52.9 Å². The third-order valence-corrected chi connectivity index (χ3v) is 8.83. The van der Waals surface area contributed by atoms with Crippen LogP contribution in [0.2, 0.25) is 0 Å². The van der Waals surface area contributed by atoms with Gasteiger partial charge in [0.05, 0.1) is 36.1 Å². The van der Waals surface area contributed by atoms with Crippen molar-refractivity contribution < 1.29 is 57.0 Å². The Bertz CT molecular complexity index is 1700. The number of nitrogens with zero attached hydrogens (tertiary/aromatic N) is 1. The summed E-state index contributed by atoms with van der Waals surface area (Å²) in [4.78, 5) is 76.5. The molecule has 0 spiro atoms. The van der Waals surface area contributed by atoms with Crippen molar-refractivity contribution in [2.75, 3.05) is 26.5 Å². The van der Waals surface area contributed by atoms with Gasteiger partial charge in [-0.3, -0.25) is 18.9 Å². The smallest absolute Gasteiger partial charge is 0.363 e. The van der Waals surface area contributed by atoms with Crippen LogP contribution in [-0.2, 0) is 19.0 Å². The lowest BCUT2D eigenvalue weighted by Crippen LogP contribution is -2.49. The molecule has 4 N–H and O–H groups in total. The highest BCUT2D eigenvalue weighted by molar-refractivity contribution is 7.60. The maximum absolute atomic E-state index is 13.5. The van der Waals surface area contributed by atoms with Crippen molar-refractivity contribution in [2.24, 2.45) is 5.92 Å². The van der Waals surface area contributed by atoms with Gasteiger partial charge in [-0.15, -0.1) is 0 Å². The fourth-order valence-corrected chi connectivity index (χ4v) is 6.03. The molecule has 2 heterocycles. The number of amides is 3. The van der Waals surface area contributed by atoms with Crippen molar-refractivity contribution in [3.63, 3.8) is 0 Å². The molecule has 3 aromatic rings. The summed E-state index contributed by atoms with van der Waals surface area (Å²) >= 11 is 0. The van der Waals surface area contributed by atoms with Crippen LogP contribution in [0.25, 0.3) is 11.3 Å². The minimum absolute atomic E-state index is 0.113. The average Bonchev–Trinajstić information content (AvgIpc) is 3.61. The first-order valence-corrected chi connectivity index (χ1v) is 18.0. The van der Waals surface area contributed by atoms with Gasteiger partial charge < -0.3 is 43.9 Å². The summed E-state index contributed by atoms with van der Waals surface area (Å²) in [6.07, 6.45) is 3.43. The molecule has 15 nitrogen and oxygen atoms in total. The number of unbranched alkanes of at least 4 members (excludes halogenated alkanes) is 2. The molecule has 1 aromatic heterocycles. The second-order valence-electron chi connectivity index (χ2n) is 11.4. The maximum atomic E-state index is 13.5. The highest BCUT2D eigenvalue weighted by Gasteiger charge is 2.34. The summed E-state index contributed by atoms with van der Waals surface area (Å²) in [7, 11) is -4.61. The summed E-state index contributed by atoms with van der Waals surface area (Å²) in [5.41, 5.74) is 0.424. The number of hydroxylamine groups is 2. The van der Waals surface area contributed by atoms with E-state index in [1.807, 2.05) is 6.92 Å². The van der Waals surface area contributed by atoms with E-state index >= 15 is 0 Å². The number of hydrogen-bond acceptors (Lipinski definition) is 10. The van der Waals surface area contributed by atoms with Gasteiger partial charge in [-0.05, 0) is 68.3 Å². The Balaban J connectivity index is 1.41. The standard InChI is InChI=1S/C34H42N3O12P/c1-4-7-8-9-26(27(5-2)37(21-38)49-34(41)22-10-11-29-31(18-22)47-15-14-46-29)32(39)35-20-36-33(40)30-13-12-28(48-30)23-16-24(45-6-3)19-25(17-23)50(42,43)44/h10-13,16-19,21,26-27H,4-9,14-15,20H2,1-3H3,(H,35,39)(H,36,40)(H2,42,43,44)/t26-,27-/m1/s1. The van der Waals surface area contributed by atoms with Crippen molar-refractivity contribution in [1.82, 2.24) is 15.7 Å². The number of benzene rings is 2. The van der Waals surface area contributed by atoms with Gasteiger partial charge in [0.15, 0.2) is 17.3 Å². The predicted molar refractivity (Wildman–Crippen MR) is 180 cm³/mol. The highest BCUT2D eigenvalue weighted by atomic mass is 31.2. The summed E-state index contributed by atoms with van der Waals surface area (Å²) in [6.45, 7) is 6.20. The Kier molecular flexibility index (Phi) is 13.4. The molecule has 0 unspecified atom stereocenters. The fourth-order valence-electron chi connectivity index (χ4n) is 5.43. The zero-order valence-corrected chi connectivity index (χ0v) is 29.0. The molecule has 2 atom stereocenters. The highest BCUT2D eigenvalue weighted by Crippen LogP contribution is 2.37. The van der Waals surface area contributed by atoms with Crippen molar-refractivity contribution in [1.29, 1.82) is 0 Å². The third kappa shape index (κ3) is 9.87. The van der Waals surface area contributed by atoms with Crippen LogP contribution < -0.4 is 30.1 Å². The lowest BCUT2D eigenvalue weighted by molar-refractivity contribution is -0.171. The Labute approximate surface area is 289 Å². The van der Waals surface area contributed by atoms with E-state index < -0.39 is 37.3 Å². The molecule has 0 saturated heterocycles. The second kappa shape index (κ2) is 17.7. The van der Waals surface area contributed by atoms with E-state index in [0.29, 0.717) is 44.0 Å². The number of furan rings is 1. The molecular weight excluding hydrogens is 673 g/mol. The monoisotopic (exact) mass is 715 g/mol. The Morgan fingerprint density at radius 1 is 0.980 bits per heavy atom. The number of fused-ring (bicyclic) bond motifs is 1. The van der Waals surface area contributed by atoms with Crippen LogP contribution >= 0.6 is 7.60 Å². The average molecular weight is 716 g/mol. The van der Waals surface area contributed by atoms with Gasteiger partial charge >= 0.3 is 13.6 Å². The summed E-state index contributed by atoms with van der Waals surface area (Å²) in [5, 5.41) is 5.82. The number of ether oxygens (including phenoxy) is 3. The molecule has 0 saturated carbocycles. The van der Waals surface area contributed by atoms with Gasteiger partial charge in [-0.25, -0.2) is 4.79 Å². The van der Waals surface area contributed by atoms with Gasteiger partial charge in [0.25, 0.3) is 5.91 Å². The number of carbonyl (C=O) groups excluding carboxylic acids is 4. The molecule has 2 aromatic carbocycles. The van der Waals surface area contributed by atoms with Crippen LogP contribution in [-0.4, -0.2) is 71.6 Å². The first kappa shape index (κ1) is 38.0. The quantitative estimate of drug-likeness (QED) is 0.0487. The van der Waals surface area contributed by atoms with Crippen LogP contribution in [0, 0.1) is 5.92 Å². The van der Waals surface area contributed by atoms with E-state index in [1.54, 1.807) is 19.9 Å². The SMILES string of the molecule is CCCCC[C@@H](C(=O)NCNC(=O)c1ccc(-c2cc(OCC)cc(P(=O)(O)O)c2)o1)[C@@H](CC)N(C=O)OC(=O)c1ccc2c(c1)OCCO2. The van der Waals surface area contributed by atoms with Gasteiger partial charge in [-0.1, -0.05) is 33.1 Å². The molecule has 1 aliphatic rings. The Morgan fingerprint density at radius 3 is 2.42 bits per heavy atom. The van der Waals surface area contributed by atoms with Crippen LogP contribution in [0.5, 0.6) is 17.2 Å². The molecule has 270 valence electrons. The lowest BCUT2D eigenvalue weighted by Gasteiger charge is -2.32. The topological polar surface area (TPSA) is 203 Å². The minimum atomic E-state index is -4.61. The zero-order chi connectivity index (χ0) is 36.3. The van der Waals surface area contributed by atoms with Crippen molar-refractivity contribution in [3.8, 4) is 28.6 Å². The number of rotatable bonds is 18. The normalized spacial score (nSPS) is 13.5.